The summed E-state index contributed by atoms with van der Waals surface area (Å²) in [5.74, 6) is 0.307. The molecule has 0 fully saturated rings. The van der Waals surface area contributed by atoms with E-state index in [-0.39, 0.29) is 12.1 Å². The lowest BCUT2D eigenvalue weighted by Crippen LogP contribution is -2.31. The molecule has 0 aliphatic carbocycles. The van der Waals surface area contributed by atoms with E-state index in [0.717, 1.165) is 10.6 Å². The van der Waals surface area contributed by atoms with E-state index in [4.69, 9.17) is 0 Å². The minimum Gasteiger partial charge on any atom is -0.331 e. The number of rotatable bonds is 4. The first-order valence-electron chi connectivity index (χ1n) is 6.37. The molecule has 0 aliphatic rings. The van der Waals surface area contributed by atoms with Crippen molar-refractivity contribution in [1.82, 2.24) is 20.5 Å². The second kappa shape index (κ2) is 6.42. The summed E-state index contributed by atoms with van der Waals surface area (Å²) >= 11 is 1.39. The molecule has 0 radical (unpaired) electrons. The molecule has 0 aromatic carbocycles. The third kappa shape index (κ3) is 3.74. The summed E-state index contributed by atoms with van der Waals surface area (Å²) in [4.78, 5) is 15.8. The van der Waals surface area contributed by atoms with Crippen molar-refractivity contribution in [1.29, 1.82) is 0 Å². The van der Waals surface area contributed by atoms with E-state index in [1.54, 1.807) is 12.4 Å². The van der Waals surface area contributed by atoms with Gasteiger partial charge in [0.15, 0.2) is 0 Å². The van der Waals surface area contributed by atoms with Crippen molar-refractivity contribution in [3.8, 4) is 0 Å². The van der Waals surface area contributed by atoms with Gasteiger partial charge < -0.3 is 5.32 Å². The molecule has 2 rings (SSSR count). The third-order valence-corrected chi connectivity index (χ3v) is 3.85. The Bertz CT molecular complexity index is 569. The number of carbonyl (C=O) groups excluding carboxylic acids is 1. The average molecular weight is 291 g/mol. The number of amides is 2. The van der Waals surface area contributed by atoms with Gasteiger partial charge in [-0.2, -0.15) is 0 Å². The SMILES string of the molecule is CC(C)c1nnc(NC(=O)N[C@H](C)c2ccncc2)s1. The second-order valence-corrected chi connectivity index (χ2v) is 5.71. The van der Waals surface area contributed by atoms with Crippen molar-refractivity contribution in [3.63, 3.8) is 0 Å². The third-order valence-electron chi connectivity index (χ3n) is 2.71. The Labute approximate surface area is 121 Å². The van der Waals surface area contributed by atoms with Crippen LogP contribution in [-0.2, 0) is 0 Å². The molecule has 20 heavy (non-hydrogen) atoms. The van der Waals surface area contributed by atoms with Gasteiger partial charge in [0.1, 0.15) is 5.01 Å². The number of nitrogens with zero attached hydrogens (tertiary/aromatic N) is 3. The van der Waals surface area contributed by atoms with Gasteiger partial charge in [-0.1, -0.05) is 25.2 Å². The average Bonchev–Trinajstić information content (AvgIpc) is 2.88. The van der Waals surface area contributed by atoms with Gasteiger partial charge >= 0.3 is 6.03 Å². The highest BCUT2D eigenvalue weighted by Crippen LogP contribution is 2.22. The van der Waals surface area contributed by atoms with Crippen LogP contribution in [0.25, 0.3) is 0 Å². The van der Waals surface area contributed by atoms with Crippen LogP contribution in [0.5, 0.6) is 0 Å². The van der Waals surface area contributed by atoms with Crippen molar-refractivity contribution in [2.45, 2.75) is 32.7 Å². The fraction of sp³-hybridized carbons (Fsp3) is 0.385. The highest BCUT2D eigenvalue weighted by atomic mass is 32.1. The van der Waals surface area contributed by atoms with Gasteiger partial charge in [-0.25, -0.2) is 4.79 Å². The first-order chi connectivity index (χ1) is 9.56. The molecule has 6 nitrogen and oxygen atoms in total. The van der Waals surface area contributed by atoms with Crippen LogP contribution < -0.4 is 10.6 Å². The number of hydrogen-bond acceptors (Lipinski definition) is 5. The molecule has 0 aliphatic heterocycles. The first-order valence-corrected chi connectivity index (χ1v) is 7.18. The standard InChI is InChI=1S/C13H17N5OS/c1-8(2)11-17-18-13(20-11)16-12(19)15-9(3)10-4-6-14-7-5-10/h4-9H,1-3H3,(H2,15,16,18,19)/t9-/m1/s1. The zero-order valence-corrected chi connectivity index (χ0v) is 12.4. The minimum atomic E-state index is -0.291. The van der Waals surface area contributed by atoms with Crippen LogP contribution in [0.15, 0.2) is 24.5 Å². The summed E-state index contributed by atoms with van der Waals surface area (Å²) in [7, 11) is 0. The Balaban J connectivity index is 1.92. The maximum Gasteiger partial charge on any atom is 0.321 e. The summed E-state index contributed by atoms with van der Waals surface area (Å²) in [6.07, 6.45) is 3.40. The molecular weight excluding hydrogens is 274 g/mol. The second-order valence-electron chi connectivity index (χ2n) is 4.70. The molecule has 0 unspecified atom stereocenters. The Hall–Kier alpha value is -2.02. The van der Waals surface area contributed by atoms with E-state index in [1.165, 1.54) is 11.3 Å². The van der Waals surface area contributed by atoms with Crippen molar-refractivity contribution in [2.24, 2.45) is 0 Å². The number of urea groups is 1. The van der Waals surface area contributed by atoms with Gasteiger partial charge in [0.2, 0.25) is 5.13 Å². The van der Waals surface area contributed by atoms with Crippen LogP contribution in [0.4, 0.5) is 9.93 Å². The van der Waals surface area contributed by atoms with Crippen molar-refractivity contribution < 1.29 is 4.79 Å². The Morgan fingerprint density at radius 3 is 2.50 bits per heavy atom. The largest absolute Gasteiger partial charge is 0.331 e. The van der Waals surface area contributed by atoms with E-state index in [1.807, 2.05) is 32.9 Å². The minimum absolute atomic E-state index is 0.101. The molecule has 2 aromatic rings. The molecule has 2 N–H and O–H groups in total. The number of hydrogen-bond donors (Lipinski definition) is 2. The van der Waals surface area contributed by atoms with Gasteiger partial charge in [-0.05, 0) is 24.6 Å². The normalized spacial score (nSPS) is 12.2. The van der Waals surface area contributed by atoms with E-state index < -0.39 is 0 Å². The summed E-state index contributed by atoms with van der Waals surface area (Å²) in [5, 5.41) is 14.9. The lowest BCUT2D eigenvalue weighted by Gasteiger charge is -2.13. The maximum atomic E-state index is 11.9. The molecule has 7 heteroatoms. The van der Waals surface area contributed by atoms with Gasteiger partial charge in [0, 0.05) is 18.3 Å². The van der Waals surface area contributed by atoms with Crippen molar-refractivity contribution in [2.75, 3.05) is 5.32 Å². The monoisotopic (exact) mass is 291 g/mol. The summed E-state index contributed by atoms with van der Waals surface area (Å²) in [5.41, 5.74) is 0.996. The van der Waals surface area contributed by atoms with Crippen LogP contribution in [0.2, 0.25) is 0 Å². The molecule has 2 heterocycles. The number of pyridine rings is 1. The molecule has 2 amide bonds. The van der Waals surface area contributed by atoms with Crippen LogP contribution in [-0.4, -0.2) is 21.2 Å². The molecule has 0 saturated carbocycles. The Kier molecular flexibility index (Phi) is 4.62. The topological polar surface area (TPSA) is 79.8 Å². The van der Waals surface area contributed by atoms with Crippen LogP contribution >= 0.6 is 11.3 Å². The van der Waals surface area contributed by atoms with Crippen molar-refractivity contribution in [3.05, 3.63) is 35.1 Å². The quantitative estimate of drug-likeness (QED) is 0.907. The van der Waals surface area contributed by atoms with Crippen LogP contribution in [0.3, 0.4) is 0 Å². The predicted octanol–water partition coefficient (Wildman–Crippen LogP) is 2.94. The highest BCUT2D eigenvalue weighted by molar-refractivity contribution is 7.15. The van der Waals surface area contributed by atoms with Gasteiger partial charge in [-0.15, -0.1) is 10.2 Å². The van der Waals surface area contributed by atoms with Gasteiger partial charge in [-0.3, -0.25) is 10.3 Å². The lowest BCUT2D eigenvalue weighted by molar-refractivity contribution is 0.249. The molecule has 1 atom stereocenters. The summed E-state index contributed by atoms with van der Waals surface area (Å²) in [6, 6.07) is 3.34. The molecule has 0 bridgehead atoms. The number of carbonyl (C=O) groups is 1. The van der Waals surface area contributed by atoms with E-state index >= 15 is 0 Å². The van der Waals surface area contributed by atoms with E-state index in [0.29, 0.717) is 11.0 Å². The Morgan fingerprint density at radius 1 is 1.20 bits per heavy atom. The zero-order chi connectivity index (χ0) is 14.5. The van der Waals surface area contributed by atoms with E-state index in [9.17, 15) is 4.79 Å². The molecule has 106 valence electrons. The maximum absolute atomic E-state index is 11.9. The fourth-order valence-electron chi connectivity index (χ4n) is 1.58. The van der Waals surface area contributed by atoms with Gasteiger partial charge in [0.25, 0.3) is 0 Å². The van der Waals surface area contributed by atoms with Crippen LogP contribution in [0, 0.1) is 0 Å². The smallest absolute Gasteiger partial charge is 0.321 e. The number of nitrogens with one attached hydrogen (secondary N) is 2. The first kappa shape index (κ1) is 14.4. The molecule has 2 aromatic heterocycles. The molecule has 0 spiro atoms. The summed E-state index contributed by atoms with van der Waals surface area (Å²) < 4.78 is 0. The Morgan fingerprint density at radius 2 is 1.90 bits per heavy atom. The molecular formula is C13H17N5OS. The van der Waals surface area contributed by atoms with Crippen molar-refractivity contribution >= 4 is 22.5 Å². The van der Waals surface area contributed by atoms with Gasteiger partial charge in [0.05, 0.1) is 6.04 Å². The summed E-state index contributed by atoms with van der Waals surface area (Å²) in [6.45, 7) is 5.99. The zero-order valence-electron chi connectivity index (χ0n) is 11.6. The molecule has 0 saturated heterocycles. The van der Waals surface area contributed by atoms with E-state index in [2.05, 4.69) is 25.8 Å². The van der Waals surface area contributed by atoms with Crippen LogP contribution in [0.1, 0.15) is 43.3 Å². The number of anilines is 1. The number of aromatic nitrogens is 3. The fourth-order valence-corrected chi connectivity index (χ4v) is 2.32. The predicted molar refractivity (Wildman–Crippen MR) is 78.8 cm³/mol. The highest BCUT2D eigenvalue weighted by Gasteiger charge is 2.12. The lowest BCUT2D eigenvalue weighted by atomic mass is 10.1.